The number of rotatable bonds is 4. The van der Waals surface area contributed by atoms with Gasteiger partial charge in [0.2, 0.25) is 0 Å². The van der Waals surface area contributed by atoms with Gasteiger partial charge in [0, 0.05) is 30.1 Å². The van der Waals surface area contributed by atoms with Gasteiger partial charge in [0.05, 0.1) is 5.69 Å². The van der Waals surface area contributed by atoms with Gasteiger partial charge in [0.1, 0.15) is 11.9 Å². The summed E-state index contributed by atoms with van der Waals surface area (Å²) in [6.45, 7) is 1.88. The van der Waals surface area contributed by atoms with Crippen LogP contribution in [0.4, 0.5) is 0 Å². The molecule has 2 aromatic heterocycles. The largest absolute Gasteiger partial charge is 0.480 e. The topological polar surface area (TPSA) is 105 Å². The summed E-state index contributed by atoms with van der Waals surface area (Å²) in [5.41, 5.74) is 8.01. The van der Waals surface area contributed by atoms with Crippen LogP contribution in [0.5, 0.6) is 0 Å². The molecule has 1 atom stereocenters. The van der Waals surface area contributed by atoms with Crippen molar-refractivity contribution in [1.82, 2.24) is 15.0 Å². The molecular formula is C12H14N4O2. The summed E-state index contributed by atoms with van der Waals surface area (Å²) in [5, 5.41) is 8.76. The van der Waals surface area contributed by atoms with Crippen molar-refractivity contribution >= 4 is 5.97 Å². The van der Waals surface area contributed by atoms with Crippen LogP contribution in [0.25, 0.3) is 11.3 Å². The maximum atomic E-state index is 10.7. The number of aryl methyl sites for hydroxylation is 1. The molecule has 0 aliphatic rings. The van der Waals surface area contributed by atoms with E-state index in [4.69, 9.17) is 10.8 Å². The third-order valence-corrected chi connectivity index (χ3v) is 2.60. The van der Waals surface area contributed by atoms with E-state index in [1.165, 1.54) is 0 Å². The summed E-state index contributed by atoms with van der Waals surface area (Å²) in [7, 11) is 0. The molecule has 0 bridgehead atoms. The van der Waals surface area contributed by atoms with E-state index in [-0.39, 0.29) is 6.42 Å². The Kier molecular flexibility index (Phi) is 3.38. The second kappa shape index (κ2) is 4.97. The van der Waals surface area contributed by atoms with Crippen molar-refractivity contribution in [3.8, 4) is 11.3 Å². The SMILES string of the molecule is Cc1[nH]c(CC(N)C(=O)O)nc1-c1cccnc1. The first kappa shape index (κ1) is 12.3. The molecular weight excluding hydrogens is 232 g/mol. The number of aliphatic carboxylic acids is 1. The summed E-state index contributed by atoms with van der Waals surface area (Å²) >= 11 is 0. The van der Waals surface area contributed by atoms with Gasteiger partial charge in [-0.3, -0.25) is 9.78 Å². The summed E-state index contributed by atoms with van der Waals surface area (Å²) in [6.07, 6.45) is 3.58. The van der Waals surface area contributed by atoms with Crippen molar-refractivity contribution in [3.05, 3.63) is 36.0 Å². The lowest BCUT2D eigenvalue weighted by molar-refractivity contribution is -0.138. The van der Waals surface area contributed by atoms with Gasteiger partial charge in [0.25, 0.3) is 0 Å². The molecule has 0 spiro atoms. The van der Waals surface area contributed by atoms with Crippen LogP contribution in [0.15, 0.2) is 24.5 Å². The normalized spacial score (nSPS) is 12.3. The zero-order valence-corrected chi connectivity index (χ0v) is 9.92. The highest BCUT2D eigenvalue weighted by atomic mass is 16.4. The predicted molar refractivity (Wildman–Crippen MR) is 65.9 cm³/mol. The Morgan fingerprint density at radius 2 is 2.39 bits per heavy atom. The molecule has 1 unspecified atom stereocenters. The van der Waals surface area contributed by atoms with Crippen molar-refractivity contribution < 1.29 is 9.90 Å². The number of hydrogen-bond donors (Lipinski definition) is 3. The third kappa shape index (κ3) is 2.54. The zero-order chi connectivity index (χ0) is 13.1. The van der Waals surface area contributed by atoms with Crippen LogP contribution >= 0.6 is 0 Å². The second-order valence-corrected chi connectivity index (χ2v) is 4.05. The van der Waals surface area contributed by atoms with E-state index < -0.39 is 12.0 Å². The molecule has 18 heavy (non-hydrogen) atoms. The number of imidazole rings is 1. The van der Waals surface area contributed by atoms with Gasteiger partial charge in [-0.1, -0.05) is 0 Å². The van der Waals surface area contributed by atoms with Crippen molar-refractivity contribution in [2.45, 2.75) is 19.4 Å². The van der Waals surface area contributed by atoms with E-state index in [1.807, 2.05) is 19.1 Å². The van der Waals surface area contributed by atoms with Gasteiger partial charge in [-0.15, -0.1) is 0 Å². The minimum absolute atomic E-state index is 0.177. The quantitative estimate of drug-likeness (QED) is 0.737. The van der Waals surface area contributed by atoms with Gasteiger partial charge in [0.15, 0.2) is 0 Å². The standard InChI is InChI=1S/C12H14N4O2/c1-7-11(8-3-2-4-14-6-8)16-10(15-7)5-9(13)12(17)18/h2-4,6,9H,5,13H2,1H3,(H,15,16)(H,17,18). The third-order valence-electron chi connectivity index (χ3n) is 2.60. The van der Waals surface area contributed by atoms with Crippen LogP contribution < -0.4 is 5.73 Å². The fraction of sp³-hybridized carbons (Fsp3) is 0.250. The molecule has 94 valence electrons. The van der Waals surface area contributed by atoms with Gasteiger partial charge >= 0.3 is 5.97 Å². The Labute approximate surface area is 104 Å². The first-order valence-corrected chi connectivity index (χ1v) is 5.52. The Bertz CT molecular complexity index is 550. The Hall–Kier alpha value is -2.21. The van der Waals surface area contributed by atoms with Crippen molar-refractivity contribution in [2.75, 3.05) is 0 Å². The number of nitrogens with one attached hydrogen (secondary N) is 1. The fourth-order valence-electron chi connectivity index (χ4n) is 1.70. The smallest absolute Gasteiger partial charge is 0.320 e. The molecule has 6 heteroatoms. The second-order valence-electron chi connectivity index (χ2n) is 4.05. The maximum Gasteiger partial charge on any atom is 0.320 e. The molecule has 0 aromatic carbocycles. The number of carbonyl (C=O) groups is 1. The number of carboxylic acid groups (broad SMARTS) is 1. The van der Waals surface area contributed by atoms with E-state index in [1.54, 1.807) is 12.4 Å². The lowest BCUT2D eigenvalue weighted by Crippen LogP contribution is -2.32. The molecule has 2 aromatic rings. The lowest BCUT2D eigenvalue weighted by atomic mass is 10.2. The molecule has 2 rings (SSSR count). The molecule has 0 aliphatic carbocycles. The summed E-state index contributed by atoms with van der Waals surface area (Å²) in [4.78, 5) is 22.1. The first-order valence-electron chi connectivity index (χ1n) is 5.52. The lowest BCUT2D eigenvalue weighted by Gasteiger charge is -2.02. The maximum absolute atomic E-state index is 10.7. The van der Waals surface area contributed by atoms with E-state index in [0.29, 0.717) is 5.82 Å². The van der Waals surface area contributed by atoms with Crippen LogP contribution in [-0.4, -0.2) is 32.1 Å². The summed E-state index contributed by atoms with van der Waals surface area (Å²) in [5.74, 6) is -0.465. The number of aromatic amines is 1. The van der Waals surface area contributed by atoms with Gasteiger partial charge in [-0.25, -0.2) is 4.98 Å². The molecule has 0 radical (unpaired) electrons. The van der Waals surface area contributed by atoms with Crippen molar-refractivity contribution in [3.63, 3.8) is 0 Å². The molecule has 0 fully saturated rings. The highest BCUT2D eigenvalue weighted by molar-refractivity contribution is 5.73. The van der Waals surface area contributed by atoms with Crippen LogP contribution in [0, 0.1) is 6.92 Å². The Morgan fingerprint density at radius 1 is 1.61 bits per heavy atom. The number of pyridine rings is 1. The molecule has 6 nitrogen and oxygen atoms in total. The molecule has 4 N–H and O–H groups in total. The summed E-state index contributed by atoms with van der Waals surface area (Å²) in [6, 6.07) is 2.78. The fourth-order valence-corrected chi connectivity index (χ4v) is 1.70. The number of H-pyrrole nitrogens is 1. The van der Waals surface area contributed by atoms with E-state index in [0.717, 1.165) is 17.0 Å². The average molecular weight is 246 g/mol. The molecule has 0 saturated carbocycles. The highest BCUT2D eigenvalue weighted by Crippen LogP contribution is 2.20. The van der Waals surface area contributed by atoms with Crippen LogP contribution in [-0.2, 0) is 11.2 Å². The van der Waals surface area contributed by atoms with E-state index >= 15 is 0 Å². The molecule has 0 amide bonds. The number of nitrogens with zero attached hydrogens (tertiary/aromatic N) is 2. The average Bonchev–Trinajstić information content (AvgIpc) is 2.71. The van der Waals surface area contributed by atoms with Gasteiger partial charge in [-0.2, -0.15) is 0 Å². The molecule has 2 heterocycles. The number of carboxylic acids is 1. The van der Waals surface area contributed by atoms with E-state index in [2.05, 4.69) is 15.0 Å². The van der Waals surface area contributed by atoms with Crippen LogP contribution in [0.3, 0.4) is 0 Å². The number of nitrogens with two attached hydrogens (primary N) is 1. The monoisotopic (exact) mass is 246 g/mol. The number of aromatic nitrogens is 3. The first-order chi connectivity index (χ1) is 8.58. The minimum atomic E-state index is -1.04. The van der Waals surface area contributed by atoms with Gasteiger partial charge < -0.3 is 15.8 Å². The predicted octanol–water partition coefficient (Wildman–Crippen LogP) is 0.735. The molecule has 0 aliphatic heterocycles. The van der Waals surface area contributed by atoms with Crippen LogP contribution in [0.1, 0.15) is 11.5 Å². The zero-order valence-electron chi connectivity index (χ0n) is 9.92. The Morgan fingerprint density at radius 3 is 3.00 bits per heavy atom. The Balaban J connectivity index is 2.25. The highest BCUT2D eigenvalue weighted by Gasteiger charge is 2.16. The van der Waals surface area contributed by atoms with E-state index in [9.17, 15) is 4.79 Å². The number of hydrogen-bond acceptors (Lipinski definition) is 4. The van der Waals surface area contributed by atoms with Crippen molar-refractivity contribution in [2.24, 2.45) is 5.73 Å². The minimum Gasteiger partial charge on any atom is -0.480 e. The summed E-state index contributed by atoms with van der Waals surface area (Å²) < 4.78 is 0. The van der Waals surface area contributed by atoms with Crippen molar-refractivity contribution in [1.29, 1.82) is 0 Å². The molecule has 0 saturated heterocycles. The van der Waals surface area contributed by atoms with Crippen LogP contribution in [0.2, 0.25) is 0 Å². The van der Waals surface area contributed by atoms with Gasteiger partial charge in [-0.05, 0) is 19.1 Å².